The molecule has 6 heteroatoms. The third kappa shape index (κ3) is 4.87. The summed E-state index contributed by atoms with van der Waals surface area (Å²) < 4.78 is 10.6. The van der Waals surface area contributed by atoms with Gasteiger partial charge >= 0.3 is 0 Å². The highest BCUT2D eigenvalue weighted by Gasteiger charge is 2.33. The molecule has 1 fully saturated rings. The Hall–Kier alpha value is -3.15. The van der Waals surface area contributed by atoms with Crippen LogP contribution in [-0.4, -0.2) is 41.1 Å². The number of ether oxygens (including phenoxy) is 1. The summed E-state index contributed by atoms with van der Waals surface area (Å²) in [5.74, 6) is 2.28. The Bertz CT molecular complexity index is 980. The van der Waals surface area contributed by atoms with Crippen LogP contribution in [0.2, 0.25) is 0 Å². The van der Waals surface area contributed by atoms with Crippen molar-refractivity contribution in [2.75, 3.05) is 20.2 Å². The van der Waals surface area contributed by atoms with E-state index < -0.39 is 0 Å². The largest absolute Gasteiger partial charge is 0.497 e. The molecule has 1 aliphatic rings. The van der Waals surface area contributed by atoms with Gasteiger partial charge in [0.1, 0.15) is 5.75 Å². The number of carbonyl (C=O) groups is 1. The molecule has 3 aromatic rings. The van der Waals surface area contributed by atoms with Crippen LogP contribution >= 0.6 is 0 Å². The molecule has 0 N–H and O–H groups in total. The standard InChI is InChI=1S/C24H27N3O3/c1-17-3-5-19(6-4-17)13-14-27-16-20(15-23(27)28)24-25-22(30-26-24)12-9-18-7-10-21(29-2)11-8-18/h3-8,10-11,20H,9,12-16H2,1-2H3. The van der Waals surface area contributed by atoms with Gasteiger partial charge in [0.2, 0.25) is 11.8 Å². The lowest BCUT2D eigenvalue weighted by atomic mass is 10.1. The van der Waals surface area contributed by atoms with Gasteiger partial charge in [-0.1, -0.05) is 47.1 Å². The number of hydrogen-bond acceptors (Lipinski definition) is 5. The minimum absolute atomic E-state index is 0.00834. The number of methoxy groups -OCH3 is 1. The van der Waals surface area contributed by atoms with E-state index in [9.17, 15) is 4.79 Å². The lowest BCUT2D eigenvalue weighted by Crippen LogP contribution is -2.27. The van der Waals surface area contributed by atoms with E-state index in [2.05, 4.69) is 41.3 Å². The van der Waals surface area contributed by atoms with Crippen molar-refractivity contribution in [3.05, 3.63) is 76.9 Å². The minimum Gasteiger partial charge on any atom is -0.497 e. The number of rotatable bonds is 8. The molecule has 0 saturated carbocycles. The highest BCUT2D eigenvalue weighted by molar-refractivity contribution is 5.79. The van der Waals surface area contributed by atoms with E-state index in [0.29, 0.717) is 31.1 Å². The second-order valence-electron chi connectivity index (χ2n) is 7.87. The molecule has 1 aliphatic heterocycles. The minimum atomic E-state index is 0.00834. The van der Waals surface area contributed by atoms with Gasteiger partial charge in [0.25, 0.3) is 0 Å². The summed E-state index contributed by atoms with van der Waals surface area (Å²) in [5.41, 5.74) is 3.68. The molecule has 4 rings (SSSR count). The van der Waals surface area contributed by atoms with Gasteiger partial charge in [-0.25, -0.2) is 0 Å². The van der Waals surface area contributed by atoms with Crippen LogP contribution in [0.15, 0.2) is 53.1 Å². The van der Waals surface area contributed by atoms with Crippen LogP contribution in [0, 0.1) is 6.92 Å². The van der Waals surface area contributed by atoms with Crippen LogP contribution < -0.4 is 4.74 Å². The van der Waals surface area contributed by atoms with E-state index in [1.807, 2.05) is 29.2 Å². The van der Waals surface area contributed by atoms with Gasteiger partial charge in [0.05, 0.1) is 7.11 Å². The SMILES string of the molecule is COc1ccc(CCc2nc(C3CC(=O)N(CCc4ccc(C)cc4)C3)no2)cc1. The first kappa shape index (κ1) is 20.1. The quantitative estimate of drug-likeness (QED) is 0.571. The fourth-order valence-corrected chi connectivity index (χ4v) is 3.76. The average Bonchev–Trinajstić information content (AvgIpc) is 3.39. The average molecular weight is 405 g/mol. The van der Waals surface area contributed by atoms with Crippen LogP contribution in [0.25, 0.3) is 0 Å². The zero-order chi connectivity index (χ0) is 20.9. The lowest BCUT2D eigenvalue weighted by Gasteiger charge is -2.16. The van der Waals surface area contributed by atoms with Crippen molar-refractivity contribution in [1.82, 2.24) is 15.0 Å². The maximum absolute atomic E-state index is 12.4. The van der Waals surface area contributed by atoms with Crippen LogP contribution in [0.3, 0.4) is 0 Å². The summed E-state index contributed by atoms with van der Waals surface area (Å²) in [6, 6.07) is 16.4. The number of carbonyl (C=O) groups excluding carboxylic acids is 1. The number of likely N-dealkylation sites (tertiary alicyclic amines) is 1. The van der Waals surface area contributed by atoms with E-state index >= 15 is 0 Å². The lowest BCUT2D eigenvalue weighted by molar-refractivity contribution is -0.127. The first-order valence-corrected chi connectivity index (χ1v) is 10.4. The third-order valence-electron chi connectivity index (χ3n) is 5.64. The second-order valence-corrected chi connectivity index (χ2v) is 7.87. The molecule has 0 bridgehead atoms. The third-order valence-corrected chi connectivity index (χ3v) is 5.64. The van der Waals surface area contributed by atoms with Crippen molar-refractivity contribution in [2.45, 2.75) is 38.5 Å². The fraction of sp³-hybridized carbons (Fsp3) is 0.375. The van der Waals surface area contributed by atoms with Gasteiger partial charge in [-0.05, 0) is 43.0 Å². The molecule has 30 heavy (non-hydrogen) atoms. The van der Waals surface area contributed by atoms with Crippen molar-refractivity contribution in [3.63, 3.8) is 0 Å². The number of aromatic nitrogens is 2. The van der Waals surface area contributed by atoms with Gasteiger partial charge in [0, 0.05) is 31.8 Å². The van der Waals surface area contributed by atoms with Gasteiger partial charge < -0.3 is 14.2 Å². The van der Waals surface area contributed by atoms with E-state index in [4.69, 9.17) is 9.26 Å². The van der Waals surface area contributed by atoms with Crippen molar-refractivity contribution >= 4 is 5.91 Å². The zero-order valence-electron chi connectivity index (χ0n) is 17.5. The van der Waals surface area contributed by atoms with Crippen molar-refractivity contribution in [3.8, 4) is 5.75 Å². The van der Waals surface area contributed by atoms with E-state index in [0.717, 1.165) is 25.1 Å². The maximum atomic E-state index is 12.4. The fourth-order valence-electron chi connectivity index (χ4n) is 3.76. The Labute approximate surface area is 176 Å². The Morgan fingerprint density at radius 1 is 1.03 bits per heavy atom. The highest BCUT2D eigenvalue weighted by atomic mass is 16.5. The highest BCUT2D eigenvalue weighted by Crippen LogP contribution is 2.26. The molecule has 1 saturated heterocycles. The molecule has 0 spiro atoms. The number of amides is 1. The zero-order valence-corrected chi connectivity index (χ0v) is 17.5. The summed E-state index contributed by atoms with van der Waals surface area (Å²) in [6.45, 7) is 3.46. The summed E-state index contributed by atoms with van der Waals surface area (Å²) >= 11 is 0. The Balaban J connectivity index is 1.29. The summed E-state index contributed by atoms with van der Waals surface area (Å²) in [7, 11) is 1.66. The van der Waals surface area contributed by atoms with Crippen molar-refractivity contribution in [2.24, 2.45) is 0 Å². The van der Waals surface area contributed by atoms with Gasteiger partial charge in [-0.2, -0.15) is 4.98 Å². The van der Waals surface area contributed by atoms with E-state index in [1.54, 1.807) is 7.11 Å². The van der Waals surface area contributed by atoms with Crippen LogP contribution in [0.1, 0.15) is 40.7 Å². The number of hydrogen-bond donors (Lipinski definition) is 0. The predicted octanol–water partition coefficient (Wildman–Crippen LogP) is 3.73. The summed E-state index contributed by atoms with van der Waals surface area (Å²) in [5, 5.41) is 4.15. The number of benzene rings is 2. The Morgan fingerprint density at radius 3 is 2.47 bits per heavy atom. The predicted molar refractivity (Wildman–Crippen MR) is 114 cm³/mol. The molecule has 156 valence electrons. The number of aryl methyl sites for hydroxylation is 3. The molecular weight excluding hydrogens is 378 g/mol. The van der Waals surface area contributed by atoms with Crippen LogP contribution in [0.4, 0.5) is 0 Å². The van der Waals surface area contributed by atoms with E-state index in [1.165, 1.54) is 16.7 Å². The van der Waals surface area contributed by atoms with Crippen molar-refractivity contribution in [1.29, 1.82) is 0 Å². The second kappa shape index (κ2) is 9.11. The number of nitrogens with zero attached hydrogens (tertiary/aromatic N) is 3. The van der Waals surface area contributed by atoms with E-state index in [-0.39, 0.29) is 11.8 Å². The first-order valence-electron chi connectivity index (χ1n) is 10.4. The molecule has 1 amide bonds. The van der Waals surface area contributed by atoms with Gasteiger partial charge in [-0.3, -0.25) is 4.79 Å². The Morgan fingerprint density at radius 2 is 1.73 bits per heavy atom. The molecule has 1 aromatic heterocycles. The Kier molecular flexibility index (Phi) is 6.12. The molecule has 2 aromatic carbocycles. The van der Waals surface area contributed by atoms with Gasteiger partial charge in [-0.15, -0.1) is 0 Å². The topological polar surface area (TPSA) is 68.5 Å². The summed E-state index contributed by atoms with van der Waals surface area (Å²) in [4.78, 5) is 18.9. The van der Waals surface area contributed by atoms with Gasteiger partial charge in [0.15, 0.2) is 5.82 Å². The molecule has 2 heterocycles. The maximum Gasteiger partial charge on any atom is 0.226 e. The molecule has 1 unspecified atom stereocenters. The van der Waals surface area contributed by atoms with Crippen molar-refractivity contribution < 1.29 is 14.1 Å². The monoisotopic (exact) mass is 405 g/mol. The summed E-state index contributed by atoms with van der Waals surface area (Å²) in [6.07, 6.45) is 2.80. The molecular formula is C24H27N3O3. The normalized spacial score (nSPS) is 16.3. The molecule has 1 atom stereocenters. The van der Waals surface area contributed by atoms with Crippen LogP contribution in [-0.2, 0) is 24.1 Å². The molecule has 0 aliphatic carbocycles. The van der Waals surface area contributed by atoms with Crippen LogP contribution in [0.5, 0.6) is 5.75 Å². The molecule has 6 nitrogen and oxygen atoms in total. The first-order chi connectivity index (χ1) is 14.6. The molecule has 0 radical (unpaired) electrons. The smallest absolute Gasteiger partial charge is 0.226 e.